The second-order valence-corrected chi connectivity index (χ2v) is 6.08. The number of benzene rings is 1. The van der Waals surface area contributed by atoms with Crippen LogP contribution in [0.25, 0.3) is 0 Å². The Morgan fingerprint density at radius 1 is 0.941 bits per heavy atom. The molecule has 96 valence electrons. The summed E-state index contributed by atoms with van der Waals surface area (Å²) in [5.41, 5.74) is 0.726. The lowest BCUT2D eigenvalue weighted by Gasteiger charge is -2.42. The Labute approximate surface area is 105 Å². The molecule has 2 nitrogen and oxygen atoms in total. The lowest BCUT2D eigenvalue weighted by Crippen LogP contribution is -2.55. The molecule has 1 aromatic carbocycles. The van der Waals surface area contributed by atoms with Crippen molar-refractivity contribution in [3.63, 3.8) is 0 Å². The van der Waals surface area contributed by atoms with Crippen molar-refractivity contribution < 1.29 is 5.11 Å². The number of para-hydroxylation sites is 1. The number of aromatic hydroxyl groups is 1. The standard InChI is InChI=1S/C9H19N.C6H6O/c1-8(2)6-5-7-9(3,4)10-8;7-6-4-2-1-3-5-6/h10H,5-7H2,1-4H3;1-5,7H. The molecule has 0 saturated carbocycles. The van der Waals surface area contributed by atoms with E-state index in [4.69, 9.17) is 5.11 Å². The molecule has 0 atom stereocenters. The molecule has 1 aliphatic rings. The maximum atomic E-state index is 8.63. The van der Waals surface area contributed by atoms with Gasteiger partial charge in [0.25, 0.3) is 0 Å². The third-order valence-electron chi connectivity index (χ3n) is 3.04. The maximum Gasteiger partial charge on any atom is 0.115 e. The van der Waals surface area contributed by atoms with Crippen LogP contribution in [-0.4, -0.2) is 16.2 Å². The molecule has 0 aromatic heterocycles. The molecule has 1 heterocycles. The van der Waals surface area contributed by atoms with E-state index in [0.717, 1.165) is 0 Å². The fourth-order valence-electron chi connectivity index (χ4n) is 2.44. The first-order chi connectivity index (χ1) is 7.81. The van der Waals surface area contributed by atoms with Crippen molar-refractivity contribution in [1.29, 1.82) is 0 Å². The third kappa shape index (κ3) is 5.73. The van der Waals surface area contributed by atoms with Gasteiger partial charge in [-0.2, -0.15) is 0 Å². The first-order valence-electron chi connectivity index (χ1n) is 6.34. The summed E-state index contributed by atoms with van der Waals surface area (Å²) < 4.78 is 0. The quantitative estimate of drug-likeness (QED) is 0.718. The number of hydrogen-bond acceptors (Lipinski definition) is 2. The number of phenolic OH excluding ortho intramolecular Hbond substituents is 1. The molecule has 0 spiro atoms. The molecule has 0 amide bonds. The van der Waals surface area contributed by atoms with Gasteiger partial charge in [-0.25, -0.2) is 0 Å². The summed E-state index contributed by atoms with van der Waals surface area (Å²) >= 11 is 0. The van der Waals surface area contributed by atoms with Crippen molar-refractivity contribution in [2.75, 3.05) is 0 Å². The van der Waals surface area contributed by atoms with Crippen LogP contribution in [0.5, 0.6) is 5.75 Å². The van der Waals surface area contributed by atoms with E-state index in [2.05, 4.69) is 33.0 Å². The highest BCUT2D eigenvalue weighted by Crippen LogP contribution is 2.27. The van der Waals surface area contributed by atoms with E-state index in [1.807, 2.05) is 6.07 Å². The topological polar surface area (TPSA) is 32.3 Å². The smallest absolute Gasteiger partial charge is 0.115 e. The summed E-state index contributed by atoms with van der Waals surface area (Å²) in [5, 5.41) is 12.3. The minimum atomic E-state index is 0.322. The van der Waals surface area contributed by atoms with Gasteiger partial charge < -0.3 is 10.4 Å². The van der Waals surface area contributed by atoms with Gasteiger partial charge in [-0.3, -0.25) is 0 Å². The maximum absolute atomic E-state index is 8.63. The number of rotatable bonds is 0. The van der Waals surface area contributed by atoms with Crippen LogP contribution in [-0.2, 0) is 0 Å². The van der Waals surface area contributed by atoms with Gasteiger partial charge in [0.15, 0.2) is 0 Å². The third-order valence-corrected chi connectivity index (χ3v) is 3.04. The van der Waals surface area contributed by atoms with E-state index >= 15 is 0 Å². The molecule has 17 heavy (non-hydrogen) atoms. The molecule has 0 bridgehead atoms. The molecule has 1 aliphatic heterocycles. The normalized spacial score (nSPS) is 21.2. The summed E-state index contributed by atoms with van der Waals surface area (Å²) in [6, 6.07) is 8.71. The van der Waals surface area contributed by atoms with Crippen molar-refractivity contribution in [3.05, 3.63) is 30.3 Å². The Morgan fingerprint density at radius 3 is 1.65 bits per heavy atom. The van der Waals surface area contributed by atoms with Crippen molar-refractivity contribution in [2.45, 2.75) is 58.0 Å². The van der Waals surface area contributed by atoms with Crippen LogP contribution in [0.15, 0.2) is 30.3 Å². The Balaban J connectivity index is 0.000000181. The SMILES string of the molecule is CC1(C)CCCC(C)(C)N1.Oc1ccccc1. The Kier molecular flexibility index (Phi) is 4.58. The van der Waals surface area contributed by atoms with Gasteiger partial charge in [0, 0.05) is 11.1 Å². The molecule has 2 heteroatoms. The molecule has 0 aliphatic carbocycles. The molecule has 1 saturated heterocycles. The molecule has 0 radical (unpaired) electrons. The Morgan fingerprint density at radius 2 is 1.41 bits per heavy atom. The Hall–Kier alpha value is -1.02. The zero-order valence-electron chi connectivity index (χ0n) is 11.5. The fourth-order valence-corrected chi connectivity index (χ4v) is 2.44. The monoisotopic (exact) mass is 235 g/mol. The summed E-state index contributed by atoms with van der Waals surface area (Å²) in [4.78, 5) is 0. The molecule has 2 rings (SSSR count). The highest BCUT2D eigenvalue weighted by atomic mass is 16.3. The average molecular weight is 235 g/mol. The van der Waals surface area contributed by atoms with E-state index in [9.17, 15) is 0 Å². The van der Waals surface area contributed by atoms with Gasteiger partial charge in [-0.05, 0) is 59.1 Å². The zero-order valence-corrected chi connectivity index (χ0v) is 11.5. The first-order valence-corrected chi connectivity index (χ1v) is 6.34. The van der Waals surface area contributed by atoms with Gasteiger partial charge in [0.05, 0.1) is 0 Å². The highest BCUT2D eigenvalue weighted by Gasteiger charge is 2.31. The number of hydrogen-bond donors (Lipinski definition) is 2. The first kappa shape index (κ1) is 14.0. The van der Waals surface area contributed by atoms with E-state index in [-0.39, 0.29) is 0 Å². The summed E-state index contributed by atoms with van der Waals surface area (Å²) in [6.45, 7) is 9.14. The lowest BCUT2D eigenvalue weighted by molar-refractivity contribution is 0.183. The Bertz CT molecular complexity index is 316. The van der Waals surface area contributed by atoms with Crippen molar-refractivity contribution in [2.24, 2.45) is 0 Å². The van der Waals surface area contributed by atoms with Gasteiger partial charge in [-0.1, -0.05) is 18.2 Å². The number of phenols is 1. The van der Waals surface area contributed by atoms with Gasteiger partial charge in [0.1, 0.15) is 5.75 Å². The predicted molar refractivity (Wildman–Crippen MR) is 73.3 cm³/mol. The fraction of sp³-hybridized carbons (Fsp3) is 0.600. The molecule has 1 aromatic rings. The predicted octanol–water partition coefficient (Wildman–Crippen LogP) is 3.71. The van der Waals surface area contributed by atoms with Crippen molar-refractivity contribution in [1.82, 2.24) is 5.32 Å². The van der Waals surface area contributed by atoms with Crippen LogP contribution >= 0.6 is 0 Å². The molecular formula is C15H25NO. The second-order valence-electron chi connectivity index (χ2n) is 6.08. The summed E-state index contributed by atoms with van der Waals surface area (Å²) in [6.07, 6.45) is 4.00. The van der Waals surface area contributed by atoms with Crippen LogP contribution in [0.2, 0.25) is 0 Å². The molecular weight excluding hydrogens is 210 g/mol. The van der Waals surface area contributed by atoms with Crippen LogP contribution in [0.3, 0.4) is 0 Å². The highest BCUT2D eigenvalue weighted by molar-refractivity contribution is 5.18. The molecule has 1 fully saturated rings. The van der Waals surface area contributed by atoms with Crippen LogP contribution in [0, 0.1) is 0 Å². The number of piperidine rings is 1. The number of nitrogens with one attached hydrogen (secondary N) is 1. The average Bonchev–Trinajstić information content (AvgIpc) is 2.15. The zero-order chi connectivity index (χ0) is 12.9. The van der Waals surface area contributed by atoms with E-state index in [0.29, 0.717) is 16.8 Å². The van der Waals surface area contributed by atoms with E-state index < -0.39 is 0 Å². The molecule has 0 unspecified atom stereocenters. The van der Waals surface area contributed by atoms with E-state index in [1.165, 1.54) is 19.3 Å². The minimum absolute atomic E-state index is 0.322. The minimum Gasteiger partial charge on any atom is -0.508 e. The van der Waals surface area contributed by atoms with Gasteiger partial charge >= 0.3 is 0 Å². The lowest BCUT2D eigenvalue weighted by atomic mass is 9.83. The van der Waals surface area contributed by atoms with Crippen LogP contribution in [0.1, 0.15) is 47.0 Å². The van der Waals surface area contributed by atoms with Crippen molar-refractivity contribution in [3.8, 4) is 5.75 Å². The largest absolute Gasteiger partial charge is 0.508 e. The summed E-state index contributed by atoms with van der Waals surface area (Å²) in [7, 11) is 0. The van der Waals surface area contributed by atoms with Crippen molar-refractivity contribution >= 4 is 0 Å². The summed E-state index contributed by atoms with van der Waals surface area (Å²) in [5.74, 6) is 0.322. The van der Waals surface area contributed by atoms with E-state index in [1.54, 1.807) is 24.3 Å². The van der Waals surface area contributed by atoms with Gasteiger partial charge in [0.2, 0.25) is 0 Å². The van der Waals surface area contributed by atoms with Crippen LogP contribution < -0.4 is 5.32 Å². The van der Waals surface area contributed by atoms with Gasteiger partial charge in [-0.15, -0.1) is 0 Å². The van der Waals surface area contributed by atoms with Crippen LogP contribution in [0.4, 0.5) is 0 Å². The molecule has 2 N–H and O–H groups in total. The second kappa shape index (κ2) is 5.54.